The Balaban J connectivity index is 2.05. The summed E-state index contributed by atoms with van der Waals surface area (Å²) in [5.41, 5.74) is -0.334. The number of morpholine rings is 1. The minimum absolute atomic E-state index is 0.334. The molecule has 2 unspecified atom stereocenters. The van der Waals surface area contributed by atoms with Crippen LogP contribution in [-0.2, 0) is 4.74 Å². The van der Waals surface area contributed by atoms with E-state index in [0.717, 1.165) is 39.3 Å². The first-order valence-corrected chi connectivity index (χ1v) is 7.23. The number of hydrogen-bond donors (Lipinski definition) is 1. The monoisotopic (exact) mass is 251 g/mol. The van der Waals surface area contributed by atoms with Gasteiger partial charge >= 0.3 is 0 Å². The van der Waals surface area contributed by atoms with E-state index in [1.54, 1.807) is 0 Å². The van der Waals surface area contributed by atoms with Crippen LogP contribution in [-0.4, -0.2) is 49.3 Å². The van der Waals surface area contributed by atoms with Crippen molar-refractivity contribution in [1.29, 1.82) is 5.26 Å². The highest BCUT2D eigenvalue weighted by molar-refractivity contribution is 5.17. The molecule has 4 nitrogen and oxygen atoms in total. The Hall–Kier alpha value is -0.630. The zero-order chi connectivity index (χ0) is 13.0. The quantitative estimate of drug-likeness (QED) is 0.775. The van der Waals surface area contributed by atoms with Crippen molar-refractivity contribution >= 4 is 0 Å². The van der Waals surface area contributed by atoms with E-state index >= 15 is 0 Å². The highest BCUT2D eigenvalue weighted by Crippen LogP contribution is 2.40. The molecular formula is C14H25N3O. The van der Waals surface area contributed by atoms with Crippen LogP contribution in [0.5, 0.6) is 0 Å². The van der Waals surface area contributed by atoms with Crippen molar-refractivity contribution in [2.75, 3.05) is 32.8 Å². The van der Waals surface area contributed by atoms with Gasteiger partial charge in [-0.05, 0) is 31.7 Å². The zero-order valence-electron chi connectivity index (χ0n) is 11.6. The number of rotatable bonds is 6. The maximum Gasteiger partial charge on any atom is 0.122 e. The van der Waals surface area contributed by atoms with Crippen LogP contribution in [0.4, 0.5) is 0 Å². The molecule has 1 heterocycles. The molecule has 1 aliphatic heterocycles. The standard InChI is InChI=1S/C14H25N3O/c1-3-13-9-18-8-7-17(13)11-14(10-15,16-4-2)12-5-6-12/h12-13,16H,3-9,11H2,1-2H3. The molecule has 2 atom stereocenters. The van der Waals surface area contributed by atoms with Gasteiger partial charge in [-0.3, -0.25) is 10.2 Å². The first kappa shape index (κ1) is 13.8. The van der Waals surface area contributed by atoms with E-state index in [-0.39, 0.29) is 5.54 Å². The Morgan fingerprint density at radius 3 is 2.78 bits per heavy atom. The molecule has 1 saturated heterocycles. The second-order valence-corrected chi connectivity index (χ2v) is 5.50. The number of ether oxygens (including phenoxy) is 1. The Bertz CT molecular complexity index is 311. The van der Waals surface area contributed by atoms with Gasteiger partial charge in [0, 0.05) is 19.1 Å². The van der Waals surface area contributed by atoms with Crippen LogP contribution < -0.4 is 5.32 Å². The first-order valence-electron chi connectivity index (χ1n) is 7.23. The molecule has 0 amide bonds. The Labute approximate surface area is 110 Å². The molecule has 102 valence electrons. The molecule has 0 radical (unpaired) electrons. The van der Waals surface area contributed by atoms with E-state index in [4.69, 9.17) is 4.74 Å². The average molecular weight is 251 g/mol. The number of hydrogen-bond acceptors (Lipinski definition) is 4. The third-order valence-electron chi connectivity index (χ3n) is 4.24. The SMILES string of the molecule is CCNC(C#N)(CN1CCOCC1CC)C1CC1. The summed E-state index contributed by atoms with van der Waals surface area (Å²) in [7, 11) is 0. The molecule has 2 aliphatic rings. The van der Waals surface area contributed by atoms with E-state index in [9.17, 15) is 5.26 Å². The predicted molar refractivity (Wildman–Crippen MR) is 71.2 cm³/mol. The van der Waals surface area contributed by atoms with E-state index in [1.807, 2.05) is 0 Å². The summed E-state index contributed by atoms with van der Waals surface area (Å²) in [4.78, 5) is 2.45. The second kappa shape index (κ2) is 6.01. The van der Waals surface area contributed by atoms with Crippen molar-refractivity contribution in [3.63, 3.8) is 0 Å². The lowest BCUT2D eigenvalue weighted by atomic mass is 9.93. The van der Waals surface area contributed by atoms with Crippen LogP contribution in [0.2, 0.25) is 0 Å². The van der Waals surface area contributed by atoms with Crippen LogP contribution >= 0.6 is 0 Å². The smallest absolute Gasteiger partial charge is 0.122 e. The Morgan fingerprint density at radius 1 is 1.44 bits per heavy atom. The van der Waals surface area contributed by atoms with Gasteiger partial charge in [-0.2, -0.15) is 5.26 Å². The summed E-state index contributed by atoms with van der Waals surface area (Å²) in [6.45, 7) is 8.58. The third kappa shape index (κ3) is 2.85. The van der Waals surface area contributed by atoms with Gasteiger partial charge in [-0.1, -0.05) is 13.8 Å². The Kier molecular flexibility index (Phi) is 4.60. The number of likely N-dealkylation sites (N-methyl/N-ethyl adjacent to an activating group) is 1. The van der Waals surface area contributed by atoms with E-state index in [1.165, 1.54) is 12.8 Å². The lowest BCUT2D eigenvalue weighted by Crippen LogP contribution is -2.58. The molecule has 0 aromatic rings. The molecule has 0 spiro atoms. The third-order valence-corrected chi connectivity index (χ3v) is 4.24. The van der Waals surface area contributed by atoms with Crippen LogP contribution in [0.25, 0.3) is 0 Å². The minimum Gasteiger partial charge on any atom is -0.378 e. The summed E-state index contributed by atoms with van der Waals surface area (Å²) >= 11 is 0. The van der Waals surface area contributed by atoms with Crippen LogP contribution in [0, 0.1) is 17.2 Å². The van der Waals surface area contributed by atoms with Crippen molar-refractivity contribution in [2.45, 2.75) is 44.7 Å². The number of nitrogens with zero attached hydrogens (tertiary/aromatic N) is 2. The molecule has 2 rings (SSSR count). The molecular weight excluding hydrogens is 226 g/mol. The second-order valence-electron chi connectivity index (χ2n) is 5.50. The van der Waals surface area contributed by atoms with Gasteiger partial charge in [0.2, 0.25) is 0 Å². The maximum absolute atomic E-state index is 9.64. The summed E-state index contributed by atoms with van der Waals surface area (Å²) in [5, 5.41) is 13.1. The van der Waals surface area contributed by atoms with Gasteiger partial charge in [0.25, 0.3) is 0 Å². The number of nitrogens with one attached hydrogen (secondary N) is 1. The first-order chi connectivity index (χ1) is 8.75. The van der Waals surface area contributed by atoms with Gasteiger partial charge in [0.1, 0.15) is 5.54 Å². The van der Waals surface area contributed by atoms with E-state index in [2.05, 4.69) is 30.1 Å². The molecule has 1 saturated carbocycles. The van der Waals surface area contributed by atoms with Gasteiger partial charge in [0.05, 0.1) is 19.3 Å². The summed E-state index contributed by atoms with van der Waals surface area (Å²) in [6, 6.07) is 3.05. The number of nitriles is 1. The molecule has 2 fully saturated rings. The largest absolute Gasteiger partial charge is 0.378 e. The minimum atomic E-state index is -0.334. The lowest BCUT2D eigenvalue weighted by molar-refractivity contribution is -0.0185. The molecule has 0 bridgehead atoms. The summed E-state index contributed by atoms with van der Waals surface area (Å²) in [6.07, 6.45) is 3.49. The Morgan fingerprint density at radius 2 is 2.22 bits per heavy atom. The van der Waals surface area contributed by atoms with Gasteiger partial charge in [-0.25, -0.2) is 0 Å². The van der Waals surface area contributed by atoms with Gasteiger partial charge < -0.3 is 4.74 Å². The van der Waals surface area contributed by atoms with Gasteiger partial charge in [0.15, 0.2) is 0 Å². The molecule has 4 heteroatoms. The van der Waals surface area contributed by atoms with Crippen molar-refractivity contribution < 1.29 is 4.74 Å². The topological polar surface area (TPSA) is 48.3 Å². The fraction of sp³-hybridized carbons (Fsp3) is 0.929. The van der Waals surface area contributed by atoms with E-state index < -0.39 is 0 Å². The van der Waals surface area contributed by atoms with E-state index in [0.29, 0.717) is 12.0 Å². The predicted octanol–water partition coefficient (Wildman–Crippen LogP) is 1.38. The highest BCUT2D eigenvalue weighted by Gasteiger charge is 2.47. The van der Waals surface area contributed by atoms with Crippen molar-refractivity contribution in [2.24, 2.45) is 5.92 Å². The normalized spacial score (nSPS) is 28.6. The maximum atomic E-state index is 9.64. The van der Waals surface area contributed by atoms with Crippen molar-refractivity contribution in [1.82, 2.24) is 10.2 Å². The zero-order valence-corrected chi connectivity index (χ0v) is 11.6. The molecule has 0 aromatic heterocycles. The van der Waals surface area contributed by atoms with Gasteiger partial charge in [-0.15, -0.1) is 0 Å². The average Bonchev–Trinajstić information content (AvgIpc) is 3.23. The van der Waals surface area contributed by atoms with Crippen molar-refractivity contribution in [3.05, 3.63) is 0 Å². The summed E-state index contributed by atoms with van der Waals surface area (Å²) in [5.74, 6) is 0.544. The molecule has 1 aliphatic carbocycles. The summed E-state index contributed by atoms with van der Waals surface area (Å²) < 4.78 is 5.54. The molecule has 18 heavy (non-hydrogen) atoms. The van der Waals surface area contributed by atoms with Crippen molar-refractivity contribution in [3.8, 4) is 6.07 Å². The highest BCUT2D eigenvalue weighted by atomic mass is 16.5. The molecule has 1 N–H and O–H groups in total. The molecule has 0 aromatic carbocycles. The lowest BCUT2D eigenvalue weighted by Gasteiger charge is -2.40. The van der Waals surface area contributed by atoms with Crippen LogP contribution in [0.15, 0.2) is 0 Å². The van der Waals surface area contributed by atoms with Crippen LogP contribution in [0.3, 0.4) is 0 Å². The fourth-order valence-corrected chi connectivity index (χ4v) is 2.98. The fourth-order valence-electron chi connectivity index (χ4n) is 2.98. The van der Waals surface area contributed by atoms with Crippen LogP contribution in [0.1, 0.15) is 33.1 Å².